The Labute approximate surface area is 91.0 Å². The first kappa shape index (κ1) is 10.4. The van der Waals surface area contributed by atoms with E-state index >= 15 is 0 Å². The van der Waals surface area contributed by atoms with Gasteiger partial charge in [0.2, 0.25) is 0 Å². The number of hydrogen-bond acceptors (Lipinski definition) is 2. The zero-order chi connectivity index (χ0) is 11.5. The van der Waals surface area contributed by atoms with E-state index < -0.39 is 5.97 Å². The van der Waals surface area contributed by atoms with Crippen LogP contribution in [-0.4, -0.2) is 20.6 Å². The van der Waals surface area contributed by atoms with Crippen molar-refractivity contribution in [3.8, 4) is 0 Å². The Balaban J connectivity index is 2.14. The van der Waals surface area contributed by atoms with Gasteiger partial charge in [-0.15, -0.1) is 0 Å². The zero-order valence-corrected chi connectivity index (χ0v) is 8.30. The summed E-state index contributed by atoms with van der Waals surface area (Å²) in [7, 11) is 0. The molecular weight excluding hydrogens is 211 g/mol. The van der Waals surface area contributed by atoms with Crippen molar-refractivity contribution in [1.82, 2.24) is 9.55 Å². The van der Waals surface area contributed by atoms with Crippen LogP contribution in [0.2, 0.25) is 0 Å². The van der Waals surface area contributed by atoms with E-state index in [1.165, 1.54) is 24.7 Å². The molecule has 0 bridgehead atoms. The van der Waals surface area contributed by atoms with Gasteiger partial charge in [-0.2, -0.15) is 0 Å². The number of halogens is 1. The Hall–Kier alpha value is -2.17. The lowest BCUT2D eigenvalue weighted by Gasteiger charge is -2.01. The number of benzene rings is 1. The molecule has 2 aromatic rings. The molecule has 1 N–H and O–H groups in total. The highest BCUT2D eigenvalue weighted by Gasteiger charge is 2.06. The Kier molecular flexibility index (Phi) is 2.68. The minimum absolute atomic E-state index is 0.00196. The molecule has 82 valence electrons. The van der Waals surface area contributed by atoms with Crippen LogP contribution in [-0.2, 0) is 6.54 Å². The molecule has 5 heteroatoms. The largest absolute Gasteiger partial charge is 0.476 e. The summed E-state index contributed by atoms with van der Waals surface area (Å²) in [4.78, 5) is 14.3. The molecule has 2 rings (SSSR count). The van der Waals surface area contributed by atoms with Crippen molar-refractivity contribution in [3.63, 3.8) is 0 Å². The summed E-state index contributed by atoms with van der Waals surface area (Å²) >= 11 is 0. The molecule has 4 nitrogen and oxygen atoms in total. The number of nitrogens with zero attached hydrogens (tertiary/aromatic N) is 2. The maximum atomic E-state index is 12.6. The van der Waals surface area contributed by atoms with Gasteiger partial charge in [-0.3, -0.25) is 0 Å². The molecule has 0 fully saturated rings. The smallest absolute Gasteiger partial charge is 0.356 e. The van der Waals surface area contributed by atoms with Crippen molar-refractivity contribution >= 4 is 5.97 Å². The second-order valence-corrected chi connectivity index (χ2v) is 3.36. The molecule has 0 saturated carbocycles. The zero-order valence-electron chi connectivity index (χ0n) is 8.30. The topological polar surface area (TPSA) is 55.1 Å². The number of carboxylic acid groups (broad SMARTS) is 1. The van der Waals surface area contributed by atoms with Crippen molar-refractivity contribution < 1.29 is 14.3 Å². The van der Waals surface area contributed by atoms with Crippen LogP contribution in [0.15, 0.2) is 36.8 Å². The minimum Gasteiger partial charge on any atom is -0.476 e. The van der Waals surface area contributed by atoms with Gasteiger partial charge in [0.05, 0.1) is 6.33 Å². The second-order valence-electron chi connectivity index (χ2n) is 3.36. The molecule has 0 radical (unpaired) electrons. The van der Waals surface area contributed by atoms with Crippen LogP contribution < -0.4 is 0 Å². The lowest BCUT2D eigenvalue weighted by Crippen LogP contribution is -1.98. The summed E-state index contributed by atoms with van der Waals surface area (Å²) in [5.41, 5.74) is 0.887. The summed E-state index contributed by atoms with van der Waals surface area (Å²) < 4.78 is 14.3. The molecule has 1 aromatic heterocycles. The standard InChI is InChI=1S/C11H9FN2O2/c12-9-3-1-8(2-4-9)5-14-6-10(11(15)16)13-7-14/h1-4,6-7H,5H2,(H,15,16). The monoisotopic (exact) mass is 220 g/mol. The van der Waals surface area contributed by atoms with Gasteiger partial charge < -0.3 is 9.67 Å². The Morgan fingerprint density at radius 1 is 1.38 bits per heavy atom. The van der Waals surface area contributed by atoms with Crippen LogP contribution in [0.3, 0.4) is 0 Å². The molecular formula is C11H9FN2O2. The summed E-state index contributed by atoms with van der Waals surface area (Å²) in [6.45, 7) is 0.473. The number of hydrogen-bond donors (Lipinski definition) is 1. The van der Waals surface area contributed by atoms with E-state index in [4.69, 9.17) is 5.11 Å². The van der Waals surface area contributed by atoms with Crippen molar-refractivity contribution in [2.24, 2.45) is 0 Å². The number of carbonyl (C=O) groups is 1. The molecule has 1 aromatic carbocycles. The summed E-state index contributed by atoms with van der Waals surface area (Å²) in [6, 6.07) is 6.03. The highest BCUT2D eigenvalue weighted by molar-refractivity contribution is 5.84. The van der Waals surface area contributed by atoms with Gasteiger partial charge in [-0.25, -0.2) is 14.2 Å². The van der Waals surface area contributed by atoms with Crippen LogP contribution in [0.1, 0.15) is 16.1 Å². The van der Waals surface area contributed by atoms with Crippen LogP contribution in [0.25, 0.3) is 0 Å². The number of aromatic carboxylic acids is 1. The maximum absolute atomic E-state index is 12.6. The van der Waals surface area contributed by atoms with E-state index in [1.54, 1.807) is 16.7 Å². The highest BCUT2D eigenvalue weighted by atomic mass is 19.1. The first-order chi connectivity index (χ1) is 7.65. The molecule has 0 aliphatic rings. The van der Waals surface area contributed by atoms with Gasteiger partial charge in [0.25, 0.3) is 0 Å². The van der Waals surface area contributed by atoms with E-state index in [1.807, 2.05) is 0 Å². The maximum Gasteiger partial charge on any atom is 0.356 e. The van der Waals surface area contributed by atoms with E-state index in [9.17, 15) is 9.18 Å². The lowest BCUT2D eigenvalue weighted by molar-refractivity contribution is 0.0691. The third kappa shape index (κ3) is 2.25. The molecule has 0 aliphatic heterocycles. The predicted octanol–water partition coefficient (Wildman–Crippen LogP) is 1.77. The average Bonchev–Trinajstić information content (AvgIpc) is 2.70. The fraction of sp³-hybridized carbons (Fsp3) is 0.0909. The van der Waals surface area contributed by atoms with Gasteiger partial charge >= 0.3 is 5.97 Å². The number of aromatic nitrogens is 2. The van der Waals surface area contributed by atoms with E-state index in [2.05, 4.69) is 4.98 Å². The highest BCUT2D eigenvalue weighted by Crippen LogP contribution is 2.06. The van der Waals surface area contributed by atoms with Crippen LogP contribution in [0.5, 0.6) is 0 Å². The van der Waals surface area contributed by atoms with E-state index in [0.29, 0.717) is 6.54 Å². The Bertz CT molecular complexity index is 505. The number of carboxylic acids is 1. The molecule has 0 saturated heterocycles. The number of imidazole rings is 1. The molecule has 1 heterocycles. The fourth-order valence-electron chi connectivity index (χ4n) is 1.36. The molecule has 0 aliphatic carbocycles. The lowest BCUT2D eigenvalue weighted by atomic mass is 10.2. The SMILES string of the molecule is O=C(O)c1cn(Cc2ccc(F)cc2)cn1. The van der Waals surface area contributed by atoms with Crippen LogP contribution in [0, 0.1) is 5.82 Å². The normalized spacial score (nSPS) is 10.3. The van der Waals surface area contributed by atoms with Crippen LogP contribution in [0.4, 0.5) is 4.39 Å². The average molecular weight is 220 g/mol. The quantitative estimate of drug-likeness (QED) is 0.857. The van der Waals surface area contributed by atoms with Crippen molar-refractivity contribution in [2.45, 2.75) is 6.54 Å². The molecule has 0 spiro atoms. The molecule has 16 heavy (non-hydrogen) atoms. The van der Waals surface area contributed by atoms with E-state index in [-0.39, 0.29) is 11.5 Å². The number of rotatable bonds is 3. The minimum atomic E-state index is -1.06. The predicted molar refractivity (Wildman–Crippen MR) is 54.7 cm³/mol. The van der Waals surface area contributed by atoms with Gasteiger partial charge in [0.15, 0.2) is 5.69 Å². The fourth-order valence-corrected chi connectivity index (χ4v) is 1.36. The first-order valence-corrected chi connectivity index (χ1v) is 4.64. The Morgan fingerprint density at radius 3 is 2.62 bits per heavy atom. The molecule has 0 unspecified atom stereocenters. The van der Waals surface area contributed by atoms with Crippen molar-refractivity contribution in [1.29, 1.82) is 0 Å². The molecule has 0 atom stereocenters. The van der Waals surface area contributed by atoms with Gasteiger partial charge in [0, 0.05) is 12.7 Å². The Morgan fingerprint density at radius 2 is 2.06 bits per heavy atom. The summed E-state index contributed by atoms with van der Waals surface area (Å²) in [6.07, 6.45) is 2.87. The molecule has 0 amide bonds. The van der Waals surface area contributed by atoms with Crippen LogP contribution >= 0.6 is 0 Å². The third-order valence-corrected chi connectivity index (χ3v) is 2.13. The van der Waals surface area contributed by atoms with Gasteiger partial charge in [-0.05, 0) is 17.7 Å². The summed E-state index contributed by atoms with van der Waals surface area (Å²) in [5, 5.41) is 8.68. The second kappa shape index (κ2) is 4.14. The summed E-state index contributed by atoms with van der Waals surface area (Å²) in [5.74, 6) is -1.35. The third-order valence-electron chi connectivity index (χ3n) is 2.13. The van der Waals surface area contributed by atoms with Gasteiger partial charge in [0.1, 0.15) is 5.82 Å². The van der Waals surface area contributed by atoms with Crippen molar-refractivity contribution in [2.75, 3.05) is 0 Å². The van der Waals surface area contributed by atoms with E-state index in [0.717, 1.165) is 5.56 Å². The van der Waals surface area contributed by atoms with Gasteiger partial charge in [-0.1, -0.05) is 12.1 Å². The van der Waals surface area contributed by atoms with Crippen molar-refractivity contribution in [3.05, 3.63) is 53.9 Å². The first-order valence-electron chi connectivity index (χ1n) is 4.64.